The fourth-order valence-corrected chi connectivity index (χ4v) is 6.34. The van der Waals surface area contributed by atoms with Crippen LogP contribution in [0.15, 0.2) is 91.0 Å². The number of urea groups is 1. The Bertz CT molecular complexity index is 1080. The normalized spacial score (nSPS) is 22.3. The Labute approximate surface area is 210 Å². The lowest BCUT2D eigenvalue weighted by Crippen LogP contribution is -2.78. The number of halogens is 1. The molecule has 0 radical (unpaired) electrons. The van der Waals surface area contributed by atoms with Gasteiger partial charge in [-0.15, -0.1) is 0 Å². The second-order valence-electron chi connectivity index (χ2n) is 10.5. The molecule has 4 nitrogen and oxygen atoms in total. The van der Waals surface area contributed by atoms with Crippen molar-refractivity contribution in [1.29, 1.82) is 0 Å². The van der Waals surface area contributed by atoms with E-state index in [1.165, 1.54) is 0 Å². The molecule has 6 heteroatoms. The van der Waals surface area contributed by atoms with Crippen LogP contribution >= 0.6 is 0 Å². The molecule has 35 heavy (non-hydrogen) atoms. The fraction of sp³-hybridized carbons (Fsp3) is 0.345. The van der Waals surface area contributed by atoms with Crippen molar-refractivity contribution in [3.05, 3.63) is 108 Å². The highest BCUT2D eigenvalue weighted by atomic mass is 28.2. The Morgan fingerprint density at radius 1 is 0.943 bits per heavy atom. The molecule has 0 aromatic heterocycles. The highest BCUT2D eigenvalue weighted by Crippen LogP contribution is 2.59. The van der Waals surface area contributed by atoms with Crippen molar-refractivity contribution in [3.63, 3.8) is 0 Å². The maximum absolute atomic E-state index is 16.7. The summed E-state index contributed by atoms with van der Waals surface area (Å²) in [5.74, 6) is -0.222. The minimum atomic E-state index is -1.31. The van der Waals surface area contributed by atoms with E-state index in [0.29, 0.717) is 23.5 Å². The molecule has 0 heterocycles. The van der Waals surface area contributed by atoms with Crippen molar-refractivity contribution in [1.82, 2.24) is 10.6 Å². The van der Waals surface area contributed by atoms with Gasteiger partial charge in [-0.25, -0.2) is 9.18 Å². The summed E-state index contributed by atoms with van der Waals surface area (Å²) in [5.41, 5.74) is -0.0381. The maximum atomic E-state index is 16.7. The van der Waals surface area contributed by atoms with E-state index in [0.717, 1.165) is 16.7 Å². The minimum absolute atomic E-state index is 0.222. The van der Waals surface area contributed by atoms with Crippen LogP contribution in [0.25, 0.3) is 0 Å². The molecule has 0 bridgehead atoms. The van der Waals surface area contributed by atoms with Gasteiger partial charge in [-0.2, -0.15) is 0 Å². The average molecular weight is 491 g/mol. The van der Waals surface area contributed by atoms with Gasteiger partial charge in [0, 0.05) is 6.54 Å². The van der Waals surface area contributed by atoms with Gasteiger partial charge in [0.1, 0.15) is 27.8 Å². The molecule has 1 fully saturated rings. The largest absolute Gasteiger partial charge is 0.413 e. The molecule has 0 aliphatic heterocycles. The standard InChI is InChI=1S/C29H35FN2O2Si/c1-27(2,3)24-19-28(25(24)30,32-26(33)31-20-21-13-7-4-8-14-21)29(34-35,22-15-9-5-10-16-22)23-17-11-6-12-18-23/h4-18,24-25H,19-20H2,1-3,35H3,(H2,31,32,33). The van der Waals surface area contributed by atoms with Crippen LogP contribution in [-0.2, 0) is 16.6 Å². The van der Waals surface area contributed by atoms with Crippen LogP contribution in [0.2, 0.25) is 0 Å². The lowest BCUT2D eigenvalue weighted by atomic mass is 9.50. The molecule has 3 atom stereocenters. The van der Waals surface area contributed by atoms with Gasteiger partial charge in [0.2, 0.25) is 0 Å². The third-order valence-electron chi connectivity index (χ3n) is 7.41. The fourth-order valence-electron chi connectivity index (χ4n) is 5.51. The highest BCUT2D eigenvalue weighted by molar-refractivity contribution is 5.99. The van der Waals surface area contributed by atoms with E-state index < -0.39 is 23.3 Å². The Hall–Kier alpha value is -2.96. The first-order valence-corrected chi connectivity index (χ1v) is 13.0. The quantitative estimate of drug-likeness (QED) is 0.464. The van der Waals surface area contributed by atoms with Gasteiger partial charge in [-0.3, -0.25) is 0 Å². The van der Waals surface area contributed by atoms with Crippen molar-refractivity contribution in [3.8, 4) is 0 Å². The molecule has 3 aromatic carbocycles. The van der Waals surface area contributed by atoms with Crippen LogP contribution in [0.1, 0.15) is 43.9 Å². The van der Waals surface area contributed by atoms with Crippen LogP contribution in [0.3, 0.4) is 0 Å². The first-order chi connectivity index (χ1) is 16.7. The Morgan fingerprint density at radius 3 is 1.86 bits per heavy atom. The number of amides is 2. The van der Waals surface area contributed by atoms with Gasteiger partial charge < -0.3 is 15.1 Å². The topological polar surface area (TPSA) is 50.4 Å². The molecule has 1 aliphatic rings. The number of benzene rings is 3. The highest BCUT2D eigenvalue weighted by Gasteiger charge is 2.69. The van der Waals surface area contributed by atoms with Crippen molar-refractivity contribution >= 4 is 16.5 Å². The monoisotopic (exact) mass is 490 g/mol. The summed E-state index contributed by atoms with van der Waals surface area (Å²) in [4.78, 5) is 13.3. The third-order valence-corrected chi connectivity index (χ3v) is 8.02. The summed E-state index contributed by atoms with van der Waals surface area (Å²) in [7, 11) is 0.353. The first-order valence-electron chi connectivity index (χ1n) is 12.1. The van der Waals surface area contributed by atoms with E-state index in [1.807, 2.05) is 91.0 Å². The predicted octanol–water partition coefficient (Wildman–Crippen LogP) is 4.87. The molecule has 0 saturated heterocycles. The minimum Gasteiger partial charge on any atom is -0.413 e. The number of carbonyl (C=O) groups is 1. The molecular formula is C29H35FN2O2Si. The van der Waals surface area contributed by atoms with E-state index in [2.05, 4.69) is 31.4 Å². The molecule has 0 spiro atoms. The molecule has 2 N–H and O–H groups in total. The molecule has 1 saturated carbocycles. The van der Waals surface area contributed by atoms with Gasteiger partial charge in [0.15, 0.2) is 0 Å². The number of rotatable bonds is 7. The molecule has 3 aromatic rings. The summed E-state index contributed by atoms with van der Waals surface area (Å²) >= 11 is 0. The maximum Gasteiger partial charge on any atom is 0.315 e. The van der Waals surface area contributed by atoms with Gasteiger partial charge in [0.25, 0.3) is 0 Å². The SMILES string of the molecule is CC(C)(C)C1CC(NC(=O)NCc2ccccc2)(C(O[SiH3])(c2ccccc2)c2ccccc2)C1F. The Morgan fingerprint density at radius 2 is 1.43 bits per heavy atom. The van der Waals surface area contributed by atoms with Gasteiger partial charge in [0.05, 0.1) is 0 Å². The predicted molar refractivity (Wildman–Crippen MR) is 142 cm³/mol. The zero-order valence-corrected chi connectivity index (χ0v) is 22.9. The molecule has 2 amide bonds. The van der Waals surface area contributed by atoms with E-state index >= 15 is 4.39 Å². The third kappa shape index (κ3) is 4.53. The second-order valence-corrected chi connectivity index (χ2v) is 10.9. The van der Waals surface area contributed by atoms with Gasteiger partial charge in [-0.1, -0.05) is 112 Å². The van der Waals surface area contributed by atoms with E-state index in [4.69, 9.17) is 4.43 Å². The van der Waals surface area contributed by atoms with Crippen molar-refractivity contribution in [2.24, 2.45) is 11.3 Å². The summed E-state index contributed by atoms with van der Waals surface area (Å²) in [6.45, 7) is 6.52. The number of hydrogen-bond acceptors (Lipinski definition) is 2. The summed E-state index contributed by atoms with van der Waals surface area (Å²) < 4.78 is 23.1. The summed E-state index contributed by atoms with van der Waals surface area (Å²) in [6.07, 6.45) is -0.845. The molecule has 4 rings (SSSR count). The average Bonchev–Trinajstić information content (AvgIpc) is 2.87. The van der Waals surface area contributed by atoms with E-state index in [9.17, 15) is 4.79 Å². The molecule has 3 unspecified atom stereocenters. The van der Waals surface area contributed by atoms with Gasteiger partial charge >= 0.3 is 6.03 Å². The molecular weight excluding hydrogens is 455 g/mol. The summed E-state index contributed by atoms with van der Waals surface area (Å²) in [6, 6.07) is 28.8. The number of nitrogens with one attached hydrogen (secondary N) is 2. The van der Waals surface area contributed by atoms with Crippen molar-refractivity contribution in [2.75, 3.05) is 0 Å². The smallest absolute Gasteiger partial charge is 0.315 e. The van der Waals surface area contributed by atoms with Crippen LogP contribution < -0.4 is 10.6 Å². The zero-order chi connectivity index (χ0) is 25.1. The van der Waals surface area contributed by atoms with Gasteiger partial charge in [-0.05, 0) is 34.4 Å². The van der Waals surface area contributed by atoms with E-state index in [1.54, 1.807) is 0 Å². The zero-order valence-electron chi connectivity index (χ0n) is 20.9. The van der Waals surface area contributed by atoms with E-state index in [-0.39, 0.29) is 11.3 Å². The van der Waals surface area contributed by atoms with Crippen LogP contribution in [0, 0.1) is 11.3 Å². The second kappa shape index (κ2) is 9.95. The number of alkyl halides is 1. The Kier molecular flexibility index (Phi) is 7.15. The lowest BCUT2D eigenvalue weighted by Gasteiger charge is -2.63. The Balaban J connectivity index is 1.79. The number of carbonyl (C=O) groups excluding carboxylic acids is 1. The van der Waals surface area contributed by atoms with Crippen LogP contribution in [0.5, 0.6) is 0 Å². The van der Waals surface area contributed by atoms with Crippen molar-refractivity contribution in [2.45, 2.75) is 51.0 Å². The number of hydrogen-bond donors (Lipinski definition) is 2. The van der Waals surface area contributed by atoms with Crippen molar-refractivity contribution < 1.29 is 13.6 Å². The summed E-state index contributed by atoms with van der Waals surface area (Å²) in [5, 5.41) is 6.05. The molecule has 184 valence electrons. The first kappa shape index (κ1) is 25.1. The van der Waals surface area contributed by atoms with Crippen LogP contribution in [-0.4, -0.2) is 28.2 Å². The molecule has 1 aliphatic carbocycles. The van der Waals surface area contributed by atoms with Crippen LogP contribution in [0.4, 0.5) is 9.18 Å². The lowest BCUT2D eigenvalue weighted by molar-refractivity contribution is -0.152.